The van der Waals surface area contributed by atoms with Crippen molar-refractivity contribution < 1.29 is 9.53 Å². The molecule has 0 radical (unpaired) electrons. The average Bonchev–Trinajstić information content (AvgIpc) is 2.88. The van der Waals surface area contributed by atoms with Gasteiger partial charge in [-0.3, -0.25) is 4.79 Å². The number of hydrogen-bond donors (Lipinski definition) is 2. The first kappa shape index (κ1) is 9.66. The third-order valence-corrected chi connectivity index (χ3v) is 3.58. The van der Waals surface area contributed by atoms with E-state index in [0.29, 0.717) is 0 Å². The van der Waals surface area contributed by atoms with E-state index in [2.05, 4.69) is 10.6 Å². The summed E-state index contributed by atoms with van der Waals surface area (Å²) in [5.41, 5.74) is 1.63. The molecule has 4 heteroatoms. The van der Waals surface area contributed by atoms with E-state index in [0.717, 1.165) is 36.5 Å². The van der Waals surface area contributed by atoms with E-state index in [1.54, 1.807) is 7.11 Å². The van der Waals surface area contributed by atoms with Gasteiger partial charge in [0.05, 0.1) is 12.5 Å². The quantitative estimate of drug-likeness (QED) is 0.735. The van der Waals surface area contributed by atoms with Crippen LogP contribution in [-0.2, 0) is 10.2 Å². The van der Waals surface area contributed by atoms with Gasteiger partial charge < -0.3 is 15.4 Å². The van der Waals surface area contributed by atoms with E-state index in [1.165, 1.54) is 0 Å². The van der Waals surface area contributed by atoms with Crippen molar-refractivity contribution in [2.75, 3.05) is 25.5 Å². The fraction of sp³-hybridized carbons (Fsp3) is 0.417. The molecule has 1 saturated heterocycles. The molecule has 1 spiro atoms. The molecule has 2 heterocycles. The lowest BCUT2D eigenvalue weighted by atomic mass is 9.81. The molecule has 0 saturated carbocycles. The summed E-state index contributed by atoms with van der Waals surface area (Å²) in [6.07, 6.45) is 0.860. The Kier molecular flexibility index (Phi) is 1.94. The monoisotopic (exact) mass is 218 g/mol. The topological polar surface area (TPSA) is 50.4 Å². The lowest BCUT2D eigenvalue weighted by molar-refractivity contribution is -0.120. The molecule has 1 aromatic carbocycles. The zero-order valence-corrected chi connectivity index (χ0v) is 9.17. The number of carbonyl (C=O) groups excluding carboxylic acids is 1. The van der Waals surface area contributed by atoms with Gasteiger partial charge in [0.15, 0.2) is 0 Å². The van der Waals surface area contributed by atoms with Gasteiger partial charge >= 0.3 is 0 Å². The summed E-state index contributed by atoms with van der Waals surface area (Å²) in [7, 11) is 1.64. The maximum absolute atomic E-state index is 12.1. The fourth-order valence-corrected chi connectivity index (χ4v) is 2.64. The van der Waals surface area contributed by atoms with Crippen LogP contribution in [0.2, 0.25) is 0 Å². The van der Waals surface area contributed by atoms with Crippen molar-refractivity contribution in [3.63, 3.8) is 0 Å². The van der Waals surface area contributed by atoms with Crippen LogP contribution >= 0.6 is 0 Å². The van der Waals surface area contributed by atoms with Gasteiger partial charge in [0, 0.05) is 12.2 Å². The predicted octanol–water partition coefficient (Wildman–Crippen LogP) is 0.878. The highest BCUT2D eigenvalue weighted by Gasteiger charge is 2.48. The molecule has 2 N–H and O–H groups in total. The molecular weight excluding hydrogens is 204 g/mol. The first-order valence-corrected chi connectivity index (χ1v) is 5.47. The van der Waals surface area contributed by atoms with Crippen molar-refractivity contribution in [3.8, 4) is 5.75 Å². The molecular formula is C12H14N2O2. The summed E-state index contributed by atoms with van der Waals surface area (Å²) in [6, 6.07) is 5.76. The van der Waals surface area contributed by atoms with Gasteiger partial charge in [-0.25, -0.2) is 0 Å². The van der Waals surface area contributed by atoms with E-state index >= 15 is 0 Å². The van der Waals surface area contributed by atoms with Crippen molar-refractivity contribution in [2.24, 2.45) is 0 Å². The maximum atomic E-state index is 12.1. The molecule has 1 fully saturated rings. The van der Waals surface area contributed by atoms with Gasteiger partial charge in [0.25, 0.3) is 0 Å². The Balaban J connectivity index is 2.14. The van der Waals surface area contributed by atoms with E-state index in [4.69, 9.17) is 4.74 Å². The molecule has 1 atom stereocenters. The Morgan fingerprint density at radius 1 is 1.44 bits per heavy atom. The highest BCUT2D eigenvalue weighted by atomic mass is 16.5. The van der Waals surface area contributed by atoms with Gasteiger partial charge in [-0.15, -0.1) is 0 Å². The van der Waals surface area contributed by atoms with Crippen LogP contribution in [0, 0.1) is 0 Å². The Bertz CT molecular complexity index is 450. The van der Waals surface area contributed by atoms with Crippen LogP contribution in [0.4, 0.5) is 5.69 Å². The Hall–Kier alpha value is -1.55. The van der Waals surface area contributed by atoms with Crippen LogP contribution in [0.25, 0.3) is 0 Å². The number of hydrogen-bond acceptors (Lipinski definition) is 3. The minimum absolute atomic E-state index is 0.112. The van der Waals surface area contributed by atoms with Crippen LogP contribution in [0.5, 0.6) is 5.75 Å². The lowest BCUT2D eigenvalue weighted by Gasteiger charge is -2.19. The number of nitrogens with one attached hydrogen (secondary N) is 2. The number of rotatable bonds is 1. The fourth-order valence-electron chi connectivity index (χ4n) is 2.64. The highest BCUT2D eigenvalue weighted by Crippen LogP contribution is 2.43. The normalized spacial score (nSPS) is 26.9. The molecule has 0 aromatic heterocycles. The predicted molar refractivity (Wildman–Crippen MR) is 60.8 cm³/mol. The number of anilines is 1. The van der Waals surface area contributed by atoms with E-state index in [-0.39, 0.29) is 11.3 Å². The van der Waals surface area contributed by atoms with Crippen molar-refractivity contribution in [1.82, 2.24) is 5.32 Å². The van der Waals surface area contributed by atoms with Gasteiger partial charge in [0.1, 0.15) is 5.75 Å². The third kappa shape index (κ3) is 1.10. The van der Waals surface area contributed by atoms with Crippen LogP contribution in [-0.4, -0.2) is 26.1 Å². The zero-order chi connectivity index (χ0) is 11.2. The molecule has 0 unspecified atom stereocenters. The van der Waals surface area contributed by atoms with Crippen LogP contribution in [0.15, 0.2) is 18.2 Å². The first-order valence-electron chi connectivity index (χ1n) is 5.47. The zero-order valence-electron chi connectivity index (χ0n) is 9.17. The summed E-state index contributed by atoms with van der Waals surface area (Å²) < 4.78 is 5.22. The SMILES string of the molecule is COc1ccc2c(c1)[C@@]1(CCNC1)C(=O)N2. The van der Waals surface area contributed by atoms with E-state index < -0.39 is 0 Å². The van der Waals surface area contributed by atoms with Crippen molar-refractivity contribution in [2.45, 2.75) is 11.8 Å². The Morgan fingerprint density at radius 3 is 3.00 bits per heavy atom. The number of amides is 1. The van der Waals surface area contributed by atoms with Crippen molar-refractivity contribution >= 4 is 11.6 Å². The summed E-state index contributed by atoms with van der Waals surface area (Å²) in [5, 5.41) is 6.21. The molecule has 0 aliphatic carbocycles. The smallest absolute Gasteiger partial charge is 0.236 e. The Morgan fingerprint density at radius 2 is 2.31 bits per heavy atom. The molecule has 3 rings (SSSR count). The second kappa shape index (κ2) is 3.22. The molecule has 4 nitrogen and oxygen atoms in total. The molecule has 1 aromatic rings. The summed E-state index contributed by atoms with van der Waals surface area (Å²) in [6.45, 7) is 1.61. The van der Waals surface area contributed by atoms with E-state index in [9.17, 15) is 4.79 Å². The van der Waals surface area contributed by atoms with Gasteiger partial charge in [-0.1, -0.05) is 0 Å². The van der Waals surface area contributed by atoms with Gasteiger partial charge in [0.2, 0.25) is 5.91 Å². The second-order valence-electron chi connectivity index (χ2n) is 4.37. The number of ether oxygens (including phenoxy) is 1. The first-order chi connectivity index (χ1) is 7.76. The van der Waals surface area contributed by atoms with Crippen LogP contribution in [0.3, 0.4) is 0 Å². The van der Waals surface area contributed by atoms with Crippen LogP contribution < -0.4 is 15.4 Å². The molecule has 16 heavy (non-hydrogen) atoms. The highest BCUT2D eigenvalue weighted by molar-refractivity contribution is 6.06. The average molecular weight is 218 g/mol. The van der Waals surface area contributed by atoms with Crippen molar-refractivity contribution in [1.29, 1.82) is 0 Å². The number of methoxy groups -OCH3 is 1. The number of carbonyl (C=O) groups is 1. The second-order valence-corrected chi connectivity index (χ2v) is 4.37. The lowest BCUT2D eigenvalue weighted by Crippen LogP contribution is -2.36. The van der Waals surface area contributed by atoms with Gasteiger partial charge in [-0.05, 0) is 36.7 Å². The largest absolute Gasteiger partial charge is 0.497 e. The summed E-state index contributed by atoms with van der Waals surface area (Å²) in [5.74, 6) is 0.919. The number of fused-ring (bicyclic) bond motifs is 2. The standard InChI is InChI=1S/C12H14N2O2/c1-16-8-2-3-10-9(6-8)12(11(15)14-10)4-5-13-7-12/h2-3,6,13H,4-5,7H2,1H3,(H,14,15)/t12-/m0/s1. The number of benzene rings is 1. The van der Waals surface area contributed by atoms with Crippen LogP contribution in [0.1, 0.15) is 12.0 Å². The summed E-state index contributed by atoms with van der Waals surface area (Å²) in [4.78, 5) is 12.1. The maximum Gasteiger partial charge on any atom is 0.236 e. The van der Waals surface area contributed by atoms with Crippen molar-refractivity contribution in [3.05, 3.63) is 23.8 Å². The van der Waals surface area contributed by atoms with Gasteiger partial charge in [-0.2, -0.15) is 0 Å². The molecule has 84 valence electrons. The Labute approximate surface area is 94.0 Å². The minimum Gasteiger partial charge on any atom is -0.497 e. The molecule has 1 amide bonds. The van der Waals surface area contributed by atoms with E-state index in [1.807, 2.05) is 18.2 Å². The molecule has 0 bridgehead atoms. The molecule has 2 aliphatic heterocycles. The third-order valence-electron chi connectivity index (χ3n) is 3.58. The summed E-state index contributed by atoms with van der Waals surface area (Å²) >= 11 is 0. The minimum atomic E-state index is -0.371. The molecule has 2 aliphatic rings.